The molecule has 1 spiro atoms. The molecule has 0 aromatic rings. The fourth-order valence-corrected chi connectivity index (χ4v) is 39.8. The van der Waals surface area contributed by atoms with E-state index in [0.717, 1.165) is 13.4 Å². The molecule has 190 valence electrons. The summed E-state index contributed by atoms with van der Waals surface area (Å²) in [5.41, 5.74) is 7.54. The van der Waals surface area contributed by atoms with E-state index in [1.807, 2.05) is 29.3 Å². The van der Waals surface area contributed by atoms with Gasteiger partial charge in [-0.25, -0.2) is 0 Å². The molecule has 0 bridgehead atoms. The monoisotopic (exact) mass is 570 g/mol. The van der Waals surface area contributed by atoms with Gasteiger partial charge in [0.1, 0.15) is 0 Å². The summed E-state index contributed by atoms with van der Waals surface area (Å²) in [6.45, 7) is 35.7. The van der Waals surface area contributed by atoms with Crippen LogP contribution < -0.4 is 0 Å². The summed E-state index contributed by atoms with van der Waals surface area (Å²) in [6.07, 6.45) is 11.7. The minimum absolute atomic E-state index is 0.392. The van der Waals surface area contributed by atoms with Crippen LogP contribution in [0.5, 0.6) is 0 Å². The second-order valence-corrected chi connectivity index (χ2v) is 25.8. The molecule has 0 radical (unpaired) electrons. The van der Waals surface area contributed by atoms with Crippen molar-refractivity contribution in [3.8, 4) is 0 Å². The molecule has 2 rings (SSSR count). The van der Waals surface area contributed by atoms with Crippen LogP contribution in [0.25, 0.3) is 0 Å². The van der Waals surface area contributed by atoms with Gasteiger partial charge in [-0.1, -0.05) is 0 Å². The summed E-state index contributed by atoms with van der Waals surface area (Å²) in [7, 11) is 0. The van der Waals surface area contributed by atoms with Gasteiger partial charge in [-0.2, -0.15) is 0 Å². The van der Waals surface area contributed by atoms with Gasteiger partial charge in [0.15, 0.2) is 0 Å². The van der Waals surface area contributed by atoms with E-state index in [1.165, 1.54) is 57.3 Å². The molecule has 0 aromatic carbocycles. The van der Waals surface area contributed by atoms with Crippen LogP contribution in [0.1, 0.15) is 116 Å². The number of rotatable bonds is 11. The zero-order valence-electron chi connectivity index (χ0n) is 25.6. The van der Waals surface area contributed by atoms with Crippen molar-refractivity contribution in [3.05, 3.63) is 29.3 Å². The number of hydrogen-bond donors (Lipinski definition) is 0. The van der Waals surface area contributed by atoms with Gasteiger partial charge in [-0.15, -0.1) is 0 Å². The van der Waals surface area contributed by atoms with Gasteiger partial charge in [0.05, 0.1) is 0 Å². The van der Waals surface area contributed by atoms with Crippen LogP contribution in [0.3, 0.4) is 0 Å². The van der Waals surface area contributed by atoms with Gasteiger partial charge in [0, 0.05) is 0 Å². The van der Waals surface area contributed by atoms with E-state index in [-0.39, 0.29) is 0 Å². The van der Waals surface area contributed by atoms with Crippen LogP contribution in [0.2, 0.25) is 38.3 Å². The molecule has 0 aromatic heterocycles. The predicted octanol–water partition coefficient (Wildman–Crippen LogP) is 10.4. The van der Waals surface area contributed by atoms with E-state index in [2.05, 4.69) is 90.0 Å². The first-order valence-electron chi connectivity index (χ1n) is 15.2. The van der Waals surface area contributed by atoms with Crippen LogP contribution in [0, 0.1) is 0 Å². The van der Waals surface area contributed by atoms with Crippen molar-refractivity contribution >= 4 is 38.5 Å². The van der Waals surface area contributed by atoms with E-state index in [1.54, 1.807) is 0 Å². The summed E-state index contributed by atoms with van der Waals surface area (Å²) in [4.78, 5) is 0. The van der Waals surface area contributed by atoms with Gasteiger partial charge in [0.2, 0.25) is 0 Å². The van der Waals surface area contributed by atoms with Gasteiger partial charge in [0.25, 0.3) is 0 Å². The molecule has 2 aliphatic rings. The summed E-state index contributed by atoms with van der Waals surface area (Å²) >= 11 is -3.32. The van der Waals surface area contributed by atoms with Crippen molar-refractivity contribution in [1.29, 1.82) is 0 Å². The maximum absolute atomic E-state index is 3.32. The van der Waals surface area contributed by atoms with Gasteiger partial charge in [-0.05, 0) is 0 Å². The Labute approximate surface area is 220 Å². The van der Waals surface area contributed by atoms with E-state index in [9.17, 15) is 0 Å². The molecule has 2 atom stereocenters. The van der Waals surface area contributed by atoms with Gasteiger partial charge >= 0.3 is 222 Å². The average molecular weight is 569 g/mol. The number of hydrogen-bond acceptors (Lipinski definition) is 0. The molecule has 0 nitrogen and oxygen atoms in total. The molecule has 0 saturated carbocycles. The topological polar surface area (TPSA) is 0 Å². The quantitative estimate of drug-likeness (QED) is 0.172. The number of allylic oxidation sites excluding steroid dienone is 6. The third kappa shape index (κ3) is 3.61. The van der Waals surface area contributed by atoms with Crippen LogP contribution in [-0.2, 0) is 0 Å². The third-order valence-corrected chi connectivity index (χ3v) is 33.5. The molecule has 0 fully saturated rings. The molecule has 4 heteroatoms. The molecule has 0 unspecified atom stereocenters. The summed E-state index contributed by atoms with van der Waals surface area (Å²) in [6, 6.07) is 0. The van der Waals surface area contributed by atoms with Crippen molar-refractivity contribution < 1.29 is 0 Å². The average Bonchev–Trinajstić information content (AvgIpc) is 3.00. The predicted molar refractivity (Wildman–Crippen MR) is 166 cm³/mol. The second-order valence-electron chi connectivity index (χ2n) is 11.7. The molecule has 34 heavy (non-hydrogen) atoms. The van der Waals surface area contributed by atoms with Crippen molar-refractivity contribution in [2.45, 2.75) is 154 Å². The molecule has 0 amide bonds. The van der Waals surface area contributed by atoms with Crippen molar-refractivity contribution in [3.63, 3.8) is 0 Å². The van der Waals surface area contributed by atoms with Crippen LogP contribution in [-0.4, -0.2) is 38.5 Å². The van der Waals surface area contributed by atoms with Crippen LogP contribution >= 0.6 is 0 Å². The summed E-state index contributed by atoms with van der Waals surface area (Å²) in [5, 5.41) is 0. The first-order chi connectivity index (χ1) is 16.1. The van der Waals surface area contributed by atoms with Crippen LogP contribution in [0.4, 0.5) is 0 Å². The third-order valence-electron chi connectivity index (χ3n) is 11.7. The van der Waals surface area contributed by atoms with E-state index >= 15 is 0 Å². The second kappa shape index (κ2) is 11.7. The normalized spacial score (nSPS) is 26.9. The van der Waals surface area contributed by atoms with E-state index in [0.29, 0.717) is 13.4 Å². The Hall–Kier alpha value is 0.214. The molecule has 2 aliphatic heterocycles. The molecular formula is C30H57B3Sn. The Kier molecular flexibility index (Phi) is 10.5. The summed E-state index contributed by atoms with van der Waals surface area (Å²) in [5.74, 6) is 0. The van der Waals surface area contributed by atoms with Crippen LogP contribution in [0.15, 0.2) is 29.3 Å². The molecule has 0 saturated heterocycles. The van der Waals surface area contributed by atoms with Crippen molar-refractivity contribution in [2.24, 2.45) is 0 Å². The first kappa shape index (κ1) is 30.4. The van der Waals surface area contributed by atoms with E-state index in [4.69, 9.17) is 0 Å². The molecular weight excluding hydrogens is 511 g/mol. The van der Waals surface area contributed by atoms with E-state index < -0.39 is 18.4 Å². The fourth-order valence-electron chi connectivity index (χ4n) is 10.8. The Morgan fingerprint density at radius 1 is 0.676 bits per heavy atom. The summed E-state index contributed by atoms with van der Waals surface area (Å²) < 4.78 is 4.80. The standard InChI is InChI=1S/C18H36B2.C12H21B.Sn/c1-9-17(16(8)19(11-3)12-4)15(7)18(10-2)20(13-5)14-6;1-6-11(7-2)13(10-5)12(8-3)9-4;/h9-14H2,1-8H3;6,8,10H2,1-5H3;. The van der Waals surface area contributed by atoms with Gasteiger partial charge < -0.3 is 0 Å². The molecule has 0 N–H and O–H groups in total. The zero-order chi connectivity index (χ0) is 26.1. The molecule has 0 aliphatic carbocycles. The minimum atomic E-state index is -3.32. The Balaban J connectivity index is 3.32. The van der Waals surface area contributed by atoms with Crippen molar-refractivity contribution in [1.82, 2.24) is 0 Å². The zero-order valence-corrected chi connectivity index (χ0v) is 28.5. The Morgan fingerprint density at radius 2 is 1.12 bits per heavy atom. The SMILES string of the molecule is CCB1C(CC)=[C](C)[Sn]2([C](C)=C1CC)[C@@](CC)(B(CC)CC)C(C)=C(CC)[C@@]2(C)B(CC)CC. The molecule has 2 heterocycles. The maximum atomic E-state index is 2.84. The Morgan fingerprint density at radius 3 is 1.41 bits per heavy atom. The fraction of sp³-hybridized carbons (Fsp3) is 0.800. The first-order valence-corrected chi connectivity index (χ1v) is 20.9. The van der Waals surface area contributed by atoms with Crippen molar-refractivity contribution in [2.75, 3.05) is 0 Å². The van der Waals surface area contributed by atoms with Gasteiger partial charge in [-0.3, -0.25) is 0 Å². The Bertz CT molecular complexity index is 802.